The molecule has 0 saturated carbocycles. The number of nitrogens with zero attached hydrogens (tertiary/aromatic N) is 4. The quantitative estimate of drug-likeness (QED) is 0.644. The Morgan fingerprint density at radius 1 is 1.14 bits per heavy atom. The van der Waals surface area contributed by atoms with Gasteiger partial charge in [-0.15, -0.1) is 0 Å². The number of rotatable bonds is 8. The zero-order valence-electron chi connectivity index (χ0n) is 17.3. The van der Waals surface area contributed by atoms with Crippen molar-refractivity contribution in [1.29, 1.82) is 0 Å². The van der Waals surface area contributed by atoms with E-state index >= 15 is 0 Å². The topological polar surface area (TPSA) is 93.2 Å². The van der Waals surface area contributed by atoms with E-state index in [9.17, 15) is 4.79 Å². The summed E-state index contributed by atoms with van der Waals surface area (Å²) in [7, 11) is 4.85. The highest BCUT2D eigenvalue weighted by molar-refractivity contribution is 5.88. The molecule has 3 rings (SSSR count). The van der Waals surface area contributed by atoms with Crippen molar-refractivity contribution >= 4 is 11.8 Å². The van der Waals surface area contributed by atoms with Gasteiger partial charge in [0.25, 0.3) is 6.20 Å². The maximum Gasteiger partial charge on any atom is 0.305 e. The third-order valence-electron chi connectivity index (χ3n) is 4.86. The number of anilines is 1. The third-order valence-corrected chi connectivity index (χ3v) is 4.86. The van der Waals surface area contributed by atoms with Crippen LogP contribution >= 0.6 is 0 Å². The van der Waals surface area contributed by atoms with Gasteiger partial charge in [-0.2, -0.15) is 5.01 Å². The van der Waals surface area contributed by atoms with Gasteiger partial charge >= 0.3 is 5.88 Å². The van der Waals surface area contributed by atoms with Crippen molar-refractivity contribution in [1.82, 2.24) is 10.2 Å². The number of amides is 1. The van der Waals surface area contributed by atoms with Crippen LogP contribution in [0, 0.1) is 0 Å². The predicted octanol–water partition coefficient (Wildman–Crippen LogP) is 0.790. The van der Waals surface area contributed by atoms with Crippen LogP contribution in [0.15, 0.2) is 22.9 Å². The Bertz CT molecular complexity index is 832. The molecule has 0 unspecified atom stereocenters. The summed E-state index contributed by atoms with van der Waals surface area (Å²) in [6, 6.07) is 3.89. The summed E-state index contributed by atoms with van der Waals surface area (Å²) >= 11 is 0. The van der Waals surface area contributed by atoms with Crippen molar-refractivity contribution in [2.75, 3.05) is 57.8 Å². The van der Waals surface area contributed by atoms with E-state index in [2.05, 4.69) is 20.5 Å². The fraction of sp³-hybridized carbons (Fsp3) is 0.526. The van der Waals surface area contributed by atoms with Crippen LogP contribution in [-0.4, -0.2) is 63.6 Å². The zero-order valence-corrected chi connectivity index (χ0v) is 17.3. The number of carbonyl (C=O) groups excluding carboxylic acids is 1. The van der Waals surface area contributed by atoms with E-state index < -0.39 is 0 Å². The smallest absolute Gasteiger partial charge is 0.305 e. The minimum atomic E-state index is -0.109. The molecule has 1 aliphatic heterocycles. The Kier molecular flexibility index (Phi) is 6.76. The summed E-state index contributed by atoms with van der Waals surface area (Å²) in [5.74, 6) is 2.17. The van der Waals surface area contributed by atoms with Crippen molar-refractivity contribution < 1.29 is 28.3 Å². The number of methoxy groups -OCH3 is 3. The average Bonchev–Trinajstić information content (AvgIpc) is 3.22. The maximum absolute atomic E-state index is 11.5. The van der Waals surface area contributed by atoms with Gasteiger partial charge in [-0.3, -0.25) is 19.5 Å². The molecule has 0 radical (unpaired) electrons. The summed E-state index contributed by atoms with van der Waals surface area (Å²) in [6.07, 6.45) is 2.07. The fourth-order valence-corrected chi connectivity index (χ4v) is 3.28. The molecule has 1 aromatic carbocycles. The number of hydrogen-bond acceptors (Lipinski definition) is 8. The van der Waals surface area contributed by atoms with Crippen LogP contribution < -0.4 is 29.3 Å². The van der Waals surface area contributed by atoms with E-state index in [-0.39, 0.29) is 5.91 Å². The molecule has 10 heteroatoms. The van der Waals surface area contributed by atoms with Crippen molar-refractivity contribution in [3.05, 3.63) is 23.9 Å². The Hall–Kier alpha value is -3.01. The Morgan fingerprint density at radius 3 is 2.48 bits per heavy atom. The first-order valence-electron chi connectivity index (χ1n) is 9.53. The summed E-state index contributed by atoms with van der Waals surface area (Å²) in [5.41, 5.74) is 1.04. The second-order valence-electron chi connectivity index (χ2n) is 6.61. The zero-order chi connectivity index (χ0) is 20.8. The van der Waals surface area contributed by atoms with Gasteiger partial charge in [0.2, 0.25) is 16.9 Å². The second-order valence-corrected chi connectivity index (χ2v) is 6.61. The normalized spacial score (nSPS) is 14.6. The predicted molar refractivity (Wildman–Crippen MR) is 105 cm³/mol. The molecule has 0 atom stereocenters. The Labute approximate surface area is 169 Å². The standard InChI is InChI=1S/C19H27N5O5/c1-5-16(25)20-17-13-24(21-29-17)23-10-8-22(9-11-23)12-14-6-7-15(26-2)19(28-4)18(14)27-3/h6-7,13H,5,8-12H2,1-4H3/p+1. The molecular weight excluding hydrogens is 378 g/mol. The molecule has 1 N–H and O–H groups in total. The van der Waals surface area contributed by atoms with E-state index in [1.165, 1.54) is 0 Å². The number of ether oxygens (including phenoxy) is 3. The summed E-state index contributed by atoms with van der Waals surface area (Å²) in [6.45, 7) is 5.75. The fourth-order valence-electron chi connectivity index (χ4n) is 3.28. The molecule has 2 heterocycles. The molecule has 1 aromatic heterocycles. The van der Waals surface area contributed by atoms with Gasteiger partial charge in [0.15, 0.2) is 11.5 Å². The number of aromatic nitrogens is 2. The van der Waals surface area contributed by atoms with E-state index in [1.807, 2.05) is 12.1 Å². The SMILES string of the molecule is CCC(=O)Nc1c[n+](N2CCN(Cc3ccc(OC)c(OC)c3OC)CC2)no1. The van der Waals surface area contributed by atoms with Crippen molar-refractivity contribution in [3.8, 4) is 17.2 Å². The van der Waals surface area contributed by atoms with Crippen LogP contribution in [0.2, 0.25) is 0 Å². The van der Waals surface area contributed by atoms with Gasteiger partial charge in [0.05, 0.1) is 39.2 Å². The molecular formula is C19H28N5O5+. The summed E-state index contributed by atoms with van der Waals surface area (Å²) in [4.78, 5) is 15.4. The van der Waals surface area contributed by atoms with Crippen LogP contribution in [-0.2, 0) is 11.3 Å². The van der Waals surface area contributed by atoms with Gasteiger partial charge in [0.1, 0.15) is 0 Å². The molecule has 29 heavy (non-hydrogen) atoms. The minimum absolute atomic E-state index is 0.109. The molecule has 0 aliphatic carbocycles. The average molecular weight is 406 g/mol. The van der Waals surface area contributed by atoms with Gasteiger partial charge < -0.3 is 14.2 Å². The molecule has 10 nitrogen and oxygen atoms in total. The van der Waals surface area contributed by atoms with Gasteiger partial charge in [-0.25, -0.2) is 0 Å². The largest absolute Gasteiger partial charge is 0.493 e. The summed E-state index contributed by atoms with van der Waals surface area (Å²) in [5, 5.41) is 8.72. The highest BCUT2D eigenvalue weighted by Gasteiger charge is 2.27. The number of hydrogen-bond donors (Lipinski definition) is 1. The van der Waals surface area contributed by atoms with Crippen LogP contribution in [0.5, 0.6) is 17.2 Å². The number of benzene rings is 1. The van der Waals surface area contributed by atoms with Gasteiger partial charge in [0, 0.05) is 31.6 Å². The lowest BCUT2D eigenvalue weighted by Gasteiger charge is -2.30. The Morgan fingerprint density at radius 2 is 1.86 bits per heavy atom. The molecule has 1 fully saturated rings. The molecule has 0 bridgehead atoms. The first kappa shape index (κ1) is 20.7. The van der Waals surface area contributed by atoms with Crippen molar-refractivity contribution in [2.45, 2.75) is 19.9 Å². The van der Waals surface area contributed by atoms with Crippen molar-refractivity contribution in [2.24, 2.45) is 0 Å². The van der Waals surface area contributed by atoms with E-state index in [0.29, 0.717) is 29.6 Å². The monoisotopic (exact) mass is 406 g/mol. The first-order chi connectivity index (χ1) is 14.1. The minimum Gasteiger partial charge on any atom is -0.493 e. The van der Waals surface area contributed by atoms with E-state index in [4.69, 9.17) is 18.7 Å². The van der Waals surface area contributed by atoms with E-state index in [1.54, 1.807) is 39.2 Å². The molecule has 2 aromatic rings. The number of piperazine rings is 1. The summed E-state index contributed by atoms with van der Waals surface area (Å²) < 4.78 is 21.6. The molecule has 1 saturated heterocycles. The number of nitrogens with one attached hydrogen (secondary N) is 1. The van der Waals surface area contributed by atoms with Crippen LogP contribution in [0.4, 0.5) is 5.88 Å². The molecule has 0 spiro atoms. The molecule has 1 aliphatic rings. The lowest BCUT2D eigenvalue weighted by atomic mass is 10.1. The highest BCUT2D eigenvalue weighted by Crippen LogP contribution is 2.40. The number of carbonyl (C=O) groups is 1. The van der Waals surface area contributed by atoms with Gasteiger partial charge in [-0.1, -0.05) is 13.0 Å². The van der Waals surface area contributed by atoms with Crippen LogP contribution in [0.1, 0.15) is 18.9 Å². The molecule has 158 valence electrons. The Balaban J connectivity index is 1.61. The lowest BCUT2D eigenvalue weighted by molar-refractivity contribution is -0.759. The second kappa shape index (κ2) is 9.46. The van der Waals surface area contributed by atoms with Crippen LogP contribution in [0.25, 0.3) is 0 Å². The van der Waals surface area contributed by atoms with E-state index in [0.717, 1.165) is 38.3 Å². The van der Waals surface area contributed by atoms with Crippen LogP contribution in [0.3, 0.4) is 0 Å². The van der Waals surface area contributed by atoms with Gasteiger partial charge in [-0.05, 0) is 6.07 Å². The van der Waals surface area contributed by atoms with Crippen molar-refractivity contribution in [3.63, 3.8) is 0 Å². The maximum atomic E-state index is 11.5. The first-order valence-corrected chi connectivity index (χ1v) is 9.53. The molecule has 1 amide bonds. The third kappa shape index (κ3) is 4.70. The highest BCUT2D eigenvalue weighted by atomic mass is 16.5. The lowest BCUT2D eigenvalue weighted by Crippen LogP contribution is -2.65.